The van der Waals surface area contributed by atoms with Gasteiger partial charge in [0.2, 0.25) is 0 Å². The molecule has 1 aromatic carbocycles. The van der Waals surface area contributed by atoms with E-state index >= 15 is 0 Å². The fourth-order valence-corrected chi connectivity index (χ4v) is 2.24. The minimum Gasteiger partial charge on any atom is -0.394 e. The van der Waals surface area contributed by atoms with Crippen LogP contribution >= 0.6 is 0 Å². The average molecular weight is 205 g/mol. The number of hydrogen-bond donors (Lipinski definition) is 2. The molecule has 0 saturated heterocycles. The Balaban J connectivity index is 2.32. The maximum Gasteiger partial charge on any atom is 0.0661 e. The smallest absolute Gasteiger partial charge is 0.0661 e. The normalized spacial score (nSPS) is 24.5. The highest BCUT2D eigenvalue weighted by atomic mass is 16.3. The van der Waals surface area contributed by atoms with E-state index in [9.17, 15) is 5.11 Å². The van der Waals surface area contributed by atoms with Crippen LogP contribution in [0.3, 0.4) is 0 Å². The molecule has 1 heterocycles. The Kier molecular flexibility index (Phi) is 2.70. The number of aliphatic hydroxyl groups excluding tert-OH is 1. The van der Waals surface area contributed by atoms with Crippen LogP contribution in [0.4, 0.5) is 5.69 Å². The van der Waals surface area contributed by atoms with Gasteiger partial charge in [0.05, 0.1) is 12.1 Å². The molecule has 15 heavy (non-hydrogen) atoms. The lowest BCUT2D eigenvalue weighted by Crippen LogP contribution is -2.44. The van der Waals surface area contributed by atoms with Crippen molar-refractivity contribution < 1.29 is 5.11 Å². The van der Waals surface area contributed by atoms with Crippen molar-refractivity contribution >= 4 is 5.69 Å². The average Bonchev–Trinajstić information content (AvgIpc) is 2.28. The van der Waals surface area contributed by atoms with E-state index in [1.807, 2.05) is 0 Å². The molecule has 0 aromatic heterocycles. The van der Waals surface area contributed by atoms with Gasteiger partial charge in [-0.3, -0.25) is 0 Å². The van der Waals surface area contributed by atoms with Crippen LogP contribution in [0.25, 0.3) is 0 Å². The molecule has 2 N–H and O–H groups in total. The number of aliphatic hydroxyl groups is 1. The molecule has 1 atom stereocenters. The third-order valence-electron chi connectivity index (χ3n) is 3.52. The first kappa shape index (κ1) is 10.5. The lowest BCUT2D eigenvalue weighted by molar-refractivity contribution is 0.195. The van der Waals surface area contributed by atoms with E-state index in [0.717, 1.165) is 19.3 Å². The van der Waals surface area contributed by atoms with Gasteiger partial charge in [-0.15, -0.1) is 0 Å². The first-order valence-corrected chi connectivity index (χ1v) is 5.68. The maximum atomic E-state index is 9.47. The molecule has 0 saturated carbocycles. The first-order chi connectivity index (χ1) is 7.19. The predicted molar refractivity (Wildman–Crippen MR) is 63.2 cm³/mol. The number of hydrogen-bond acceptors (Lipinski definition) is 2. The van der Waals surface area contributed by atoms with Crippen molar-refractivity contribution in [2.45, 2.75) is 38.6 Å². The van der Waals surface area contributed by atoms with Crippen LogP contribution in [-0.4, -0.2) is 17.3 Å². The fraction of sp³-hybridized carbons (Fsp3) is 0.538. The number of anilines is 1. The molecule has 2 heteroatoms. The van der Waals surface area contributed by atoms with E-state index in [0.29, 0.717) is 0 Å². The van der Waals surface area contributed by atoms with Crippen molar-refractivity contribution in [3.8, 4) is 0 Å². The predicted octanol–water partition coefficient (Wildman–Crippen LogP) is 2.49. The van der Waals surface area contributed by atoms with Gasteiger partial charge >= 0.3 is 0 Å². The molecular formula is C13H19NO. The molecule has 0 bridgehead atoms. The topological polar surface area (TPSA) is 32.3 Å². The van der Waals surface area contributed by atoms with E-state index in [4.69, 9.17) is 0 Å². The molecule has 0 radical (unpaired) electrons. The largest absolute Gasteiger partial charge is 0.394 e. The van der Waals surface area contributed by atoms with Crippen molar-refractivity contribution in [3.63, 3.8) is 0 Å². The molecule has 82 valence electrons. The molecule has 0 amide bonds. The van der Waals surface area contributed by atoms with Crippen molar-refractivity contribution in [2.24, 2.45) is 0 Å². The van der Waals surface area contributed by atoms with Gasteiger partial charge in [-0.25, -0.2) is 0 Å². The van der Waals surface area contributed by atoms with Crippen LogP contribution < -0.4 is 5.32 Å². The van der Waals surface area contributed by atoms with Gasteiger partial charge in [0, 0.05) is 5.69 Å². The minimum atomic E-state index is -0.0964. The fourth-order valence-electron chi connectivity index (χ4n) is 2.24. The van der Waals surface area contributed by atoms with E-state index in [1.54, 1.807) is 0 Å². The zero-order valence-electron chi connectivity index (χ0n) is 9.51. The maximum absolute atomic E-state index is 9.47. The summed E-state index contributed by atoms with van der Waals surface area (Å²) in [6.07, 6.45) is 3.06. The molecule has 2 rings (SSSR count). The third-order valence-corrected chi connectivity index (χ3v) is 3.52. The Hall–Kier alpha value is -1.02. The molecular weight excluding hydrogens is 186 g/mol. The number of rotatable bonds is 2. The van der Waals surface area contributed by atoms with Crippen LogP contribution in [0.1, 0.15) is 30.9 Å². The standard InChI is InChI=1S/C13H19NO/c1-3-13(9-15)7-6-11-5-4-10(2)8-12(11)14-13/h4-5,8,14-15H,3,6-7,9H2,1-2H3. The number of benzene rings is 1. The van der Waals surface area contributed by atoms with Crippen molar-refractivity contribution in [2.75, 3.05) is 11.9 Å². The van der Waals surface area contributed by atoms with E-state index < -0.39 is 0 Å². The summed E-state index contributed by atoms with van der Waals surface area (Å²) in [5.74, 6) is 0. The molecule has 1 aliphatic rings. The van der Waals surface area contributed by atoms with Gasteiger partial charge in [-0.05, 0) is 43.4 Å². The molecule has 0 fully saturated rings. The van der Waals surface area contributed by atoms with Crippen molar-refractivity contribution in [1.82, 2.24) is 0 Å². The van der Waals surface area contributed by atoms with Gasteiger partial charge in [0.25, 0.3) is 0 Å². The highest BCUT2D eigenvalue weighted by Crippen LogP contribution is 2.33. The summed E-state index contributed by atoms with van der Waals surface area (Å²) in [7, 11) is 0. The van der Waals surface area contributed by atoms with Gasteiger partial charge in [0.15, 0.2) is 0 Å². The van der Waals surface area contributed by atoms with Crippen molar-refractivity contribution in [1.29, 1.82) is 0 Å². The molecule has 0 spiro atoms. The summed E-state index contributed by atoms with van der Waals surface area (Å²) in [6.45, 7) is 4.45. The third kappa shape index (κ3) is 1.86. The summed E-state index contributed by atoms with van der Waals surface area (Å²) in [5.41, 5.74) is 3.75. The second-order valence-electron chi connectivity index (χ2n) is 4.58. The summed E-state index contributed by atoms with van der Waals surface area (Å²) >= 11 is 0. The van der Waals surface area contributed by atoms with Gasteiger partial charge in [-0.2, -0.15) is 0 Å². The lowest BCUT2D eigenvalue weighted by Gasteiger charge is -2.38. The first-order valence-electron chi connectivity index (χ1n) is 5.68. The second-order valence-corrected chi connectivity index (χ2v) is 4.58. The minimum absolute atomic E-state index is 0.0964. The van der Waals surface area contributed by atoms with Crippen molar-refractivity contribution in [3.05, 3.63) is 29.3 Å². The van der Waals surface area contributed by atoms with E-state index in [2.05, 4.69) is 37.4 Å². The van der Waals surface area contributed by atoms with Gasteiger partial charge < -0.3 is 10.4 Å². The molecule has 0 aliphatic carbocycles. The monoisotopic (exact) mass is 205 g/mol. The number of nitrogens with one attached hydrogen (secondary N) is 1. The highest BCUT2D eigenvalue weighted by Gasteiger charge is 2.31. The molecule has 1 aliphatic heterocycles. The lowest BCUT2D eigenvalue weighted by atomic mass is 9.84. The number of aryl methyl sites for hydroxylation is 2. The summed E-state index contributed by atoms with van der Waals surface area (Å²) in [5, 5.41) is 13.0. The summed E-state index contributed by atoms with van der Waals surface area (Å²) < 4.78 is 0. The van der Waals surface area contributed by atoms with Gasteiger partial charge in [0.1, 0.15) is 0 Å². The Morgan fingerprint density at radius 3 is 2.93 bits per heavy atom. The van der Waals surface area contributed by atoms with E-state index in [1.165, 1.54) is 16.8 Å². The Morgan fingerprint density at radius 1 is 1.47 bits per heavy atom. The number of fused-ring (bicyclic) bond motifs is 1. The molecule has 2 nitrogen and oxygen atoms in total. The van der Waals surface area contributed by atoms with Crippen LogP contribution in [0.15, 0.2) is 18.2 Å². The second kappa shape index (κ2) is 3.86. The molecule has 1 aromatic rings. The quantitative estimate of drug-likeness (QED) is 0.777. The zero-order valence-corrected chi connectivity index (χ0v) is 9.51. The Morgan fingerprint density at radius 2 is 2.27 bits per heavy atom. The highest BCUT2D eigenvalue weighted by molar-refractivity contribution is 5.57. The Labute approximate surface area is 91.3 Å². The van der Waals surface area contributed by atoms with Crippen LogP contribution in [0.2, 0.25) is 0 Å². The van der Waals surface area contributed by atoms with Gasteiger partial charge in [-0.1, -0.05) is 19.1 Å². The summed E-state index contributed by atoms with van der Waals surface area (Å²) in [6, 6.07) is 6.52. The zero-order chi connectivity index (χ0) is 10.9. The van der Waals surface area contributed by atoms with Crippen LogP contribution in [0, 0.1) is 6.92 Å². The molecule has 1 unspecified atom stereocenters. The Bertz CT molecular complexity index is 356. The van der Waals surface area contributed by atoms with Crippen LogP contribution in [-0.2, 0) is 6.42 Å². The SMILES string of the molecule is CCC1(CO)CCc2ccc(C)cc2N1. The van der Waals surface area contributed by atoms with E-state index in [-0.39, 0.29) is 12.1 Å². The summed E-state index contributed by atoms with van der Waals surface area (Å²) in [4.78, 5) is 0. The van der Waals surface area contributed by atoms with Crippen LogP contribution in [0.5, 0.6) is 0 Å².